The van der Waals surface area contributed by atoms with E-state index in [4.69, 9.17) is 11.6 Å². The van der Waals surface area contributed by atoms with E-state index in [1.807, 2.05) is 30.3 Å². The molecule has 0 unspecified atom stereocenters. The lowest BCUT2D eigenvalue weighted by molar-refractivity contribution is -0.121. The summed E-state index contributed by atoms with van der Waals surface area (Å²) in [7, 11) is 0. The Kier molecular flexibility index (Phi) is 5.16. The second-order valence-electron chi connectivity index (χ2n) is 5.96. The van der Waals surface area contributed by atoms with Crippen molar-refractivity contribution in [1.82, 2.24) is 10.6 Å². The van der Waals surface area contributed by atoms with Crippen LogP contribution in [0.4, 0.5) is 0 Å². The molecule has 1 fully saturated rings. The van der Waals surface area contributed by atoms with Gasteiger partial charge < -0.3 is 10.6 Å². The molecule has 0 saturated heterocycles. The molecule has 0 aliphatic heterocycles. The molecule has 0 heterocycles. The van der Waals surface area contributed by atoms with Crippen molar-refractivity contribution in [2.24, 2.45) is 0 Å². The smallest absolute Gasteiger partial charge is 0.253 e. The van der Waals surface area contributed by atoms with E-state index >= 15 is 0 Å². The minimum absolute atomic E-state index is 0.0502. The number of carbonyl (C=O) groups excluding carboxylic acids is 2. The molecular weight excluding hydrogens is 324 g/mol. The Morgan fingerprint density at radius 3 is 2.38 bits per heavy atom. The second-order valence-corrected chi connectivity index (χ2v) is 6.37. The van der Waals surface area contributed by atoms with Crippen LogP contribution in [0.15, 0.2) is 54.6 Å². The first kappa shape index (κ1) is 16.5. The van der Waals surface area contributed by atoms with Gasteiger partial charge in [0.1, 0.15) is 0 Å². The lowest BCUT2D eigenvalue weighted by Crippen LogP contribution is -2.34. The number of carbonyl (C=O) groups is 2. The molecule has 0 aromatic heterocycles. The topological polar surface area (TPSA) is 58.2 Å². The number of nitrogens with one attached hydrogen (secondary N) is 2. The highest BCUT2D eigenvalue weighted by molar-refractivity contribution is 6.33. The molecule has 2 N–H and O–H groups in total. The van der Waals surface area contributed by atoms with Crippen molar-refractivity contribution >= 4 is 23.4 Å². The van der Waals surface area contributed by atoms with Crippen molar-refractivity contribution in [3.05, 3.63) is 70.7 Å². The first-order valence-corrected chi connectivity index (χ1v) is 8.41. The Hall–Kier alpha value is -2.33. The maximum absolute atomic E-state index is 12.5. The zero-order chi connectivity index (χ0) is 16.9. The first-order valence-electron chi connectivity index (χ1n) is 8.03. The van der Waals surface area contributed by atoms with Crippen molar-refractivity contribution < 1.29 is 9.59 Å². The maximum Gasteiger partial charge on any atom is 0.253 e. The second kappa shape index (κ2) is 7.49. The lowest BCUT2D eigenvalue weighted by Gasteiger charge is -2.19. The maximum atomic E-state index is 12.5. The highest BCUT2D eigenvalue weighted by Crippen LogP contribution is 2.22. The number of halogens is 1. The number of hydrogen-bond donors (Lipinski definition) is 2. The van der Waals surface area contributed by atoms with Crippen molar-refractivity contribution in [1.29, 1.82) is 0 Å². The van der Waals surface area contributed by atoms with Gasteiger partial charge in [0, 0.05) is 6.04 Å². The van der Waals surface area contributed by atoms with E-state index in [0.29, 0.717) is 16.6 Å². The first-order chi connectivity index (χ1) is 11.6. The van der Waals surface area contributed by atoms with Crippen LogP contribution in [0, 0.1) is 0 Å². The van der Waals surface area contributed by atoms with Crippen molar-refractivity contribution in [3.8, 4) is 0 Å². The molecule has 1 atom stereocenters. The summed E-state index contributed by atoms with van der Waals surface area (Å²) in [5.74, 6) is -0.334. The largest absolute Gasteiger partial charge is 0.353 e. The number of rotatable bonds is 6. The van der Waals surface area contributed by atoms with Crippen LogP contribution in [0.2, 0.25) is 5.02 Å². The zero-order valence-electron chi connectivity index (χ0n) is 13.2. The molecule has 0 radical (unpaired) electrons. The van der Waals surface area contributed by atoms with Crippen LogP contribution in [0.3, 0.4) is 0 Å². The molecule has 2 aromatic rings. The highest BCUT2D eigenvalue weighted by Gasteiger charge is 2.26. The molecule has 0 spiro atoms. The molecule has 4 nitrogen and oxygen atoms in total. The predicted molar refractivity (Wildman–Crippen MR) is 93.9 cm³/mol. The lowest BCUT2D eigenvalue weighted by atomic mass is 10.0. The summed E-state index contributed by atoms with van der Waals surface area (Å²) in [5, 5.41) is 6.29. The SMILES string of the molecule is O=C(C[C@H](NC(=O)c1ccccc1Cl)c1ccccc1)NC1CC1. The van der Waals surface area contributed by atoms with E-state index in [9.17, 15) is 9.59 Å². The molecule has 5 heteroatoms. The summed E-state index contributed by atoms with van der Waals surface area (Å²) >= 11 is 6.09. The van der Waals surface area contributed by atoms with E-state index in [-0.39, 0.29) is 18.2 Å². The van der Waals surface area contributed by atoms with Gasteiger partial charge in [-0.25, -0.2) is 0 Å². The normalized spacial score (nSPS) is 14.7. The van der Waals surface area contributed by atoms with E-state index in [1.54, 1.807) is 24.3 Å². The minimum Gasteiger partial charge on any atom is -0.353 e. The van der Waals surface area contributed by atoms with E-state index in [2.05, 4.69) is 10.6 Å². The monoisotopic (exact) mass is 342 g/mol. The van der Waals surface area contributed by atoms with Crippen LogP contribution >= 0.6 is 11.6 Å². The Labute approximate surface area is 146 Å². The summed E-state index contributed by atoms with van der Waals surface area (Å²) in [4.78, 5) is 24.7. The zero-order valence-corrected chi connectivity index (χ0v) is 13.9. The standard InChI is InChI=1S/C19H19ClN2O2/c20-16-9-5-4-8-15(16)19(24)22-17(13-6-2-1-3-7-13)12-18(23)21-14-10-11-14/h1-9,14,17H,10-12H2,(H,21,23)(H,22,24)/t17-/m0/s1. The van der Waals surface area contributed by atoms with Crippen molar-refractivity contribution in [2.75, 3.05) is 0 Å². The van der Waals surface area contributed by atoms with Gasteiger partial charge in [-0.15, -0.1) is 0 Å². The number of amides is 2. The molecule has 24 heavy (non-hydrogen) atoms. The summed E-state index contributed by atoms with van der Waals surface area (Å²) in [6.45, 7) is 0. The fraction of sp³-hybridized carbons (Fsp3) is 0.263. The third-order valence-electron chi connectivity index (χ3n) is 3.96. The molecule has 2 amide bonds. The van der Waals surface area contributed by atoms with Crippen molar-refractivity contribution in [2.45, 2.75) is 31.3 Å². The van der Waals surface area contributed by atoms with Gasteiger partial charge in [-0.2, -0.15) is 0 Å². The summed E-state index contributed by atoms with van der Waals surface area (Å²) in [6, 6.07) is 16.3. The average Bonchev–Trinajstić information content (AvgIpc) is 3.39. The molecule has 0 bridgehead atoms. The van der Waals surface area contributed by atoms with Gasteiger partial charge >= 0.3 is 0 Å². The Morgan fingerprint density at radius 2 is 1.71 bits per heavy atom. The van der Waals surface area contributed by atoms with Gasteiger partial charge in [0.2, 0.25) is 5.91 Å². The van der Waals surface area contributed by atoms with Crippen LogP contribution in [0.5, 0.6) is 0 Å². The van der Waals surface area contributed by atoms with E-state index in [0.717, 1.165) is 18.4 Å². The van der Waals surface area contributed by atoms with Crippen LogP contribution in [-0.4, -0.2) is 17.9 Å². The molecular formula is C19H19ClN2O2. The fourth-order valence-electron chi connectivity index (χ4n) is 2.52. The van der Waals surface area contributed by atoms with Crippen LogP contribution in [-0.2, 0) is 4.79 Å². The van der Waals surface area contributed by atoms with Gasteiger partial charge in [0.25, 0.3) is 5.91 Å². The van der Waals surface area contributed by atoms with Crippen molar-refractivity contribution in [3.63, 3.8) is 0 Å². The third kappa shape index (κ3) is 4.36. The molecule has 1 aliphatic carbocycles. The molecule has 124 valence electrons. The van der Waals surface area contributed by atoms with Crippen LogP contribution < -0.4 is 10.6 Å². The Morgan fingerprint density at radius 1 is 1.04 bits per heavy atom. The van der Waals surface area contributed by atoms with Gasteiger partial charge in [0.05, 0.1) is 23.0 Å². The van der Waals surface area contributed by atoms with Gasteiger partial charge in [-0.05, 0) is 30.5 Å². The van der Waals surface area contributed by atoms with E-state index in [1.165, 1.54) is 0 Å². The summed E-state index contributed by atoms with van der Waals surface area (Å²) in [6.07, 6.45) is 2.28. The van der Waals surface area contributed by atoms with E-state index < -0.39 is 6.04 Å². The fourth-order valence-corrected chi connectivity index (χ4v) is 2.74. The van der Waals surface area contributed by atoms with Gasteiger partial charge in [-0.3, -0.25) is 9.59 Å². The quantitative estimate of drug-likeness (QED) is 0.844. The minimum atomic E-state index is -0.395. The molecule has 2 aromatic carbocycles. The average molecular weight is 343 g/mol. The number of benzene rings is 2. The van der Waals surface area contributed by atoms with Crippen LogP contribution in [0.25, 0.3) is 0 Å². The summed E-state index contributed by atoms with van der Waals surface area (Å²) < 4.78 is 0. The van der Waals surface area contributed by atoms with Gasteiger partial charge in [-0.1, -0.05) is 54.1 Å². The third-order valence-corrected chi connectivity index (χ3v) is 4.29. The van der Waals surface area contributed by atoms with Crippen LogP contribution in [0.1, 0.15) is 41.2 Å². The summed E-state index contributed by atoms with van der Waals surface area (Å²) in [5.41, 5.74) is 1.30. The predicted octanol–water partition coefficient (Wildman–Crippen LogP) is 3.48. The molecule has 1 aliphatic rings. The number of hydrogen-bond acceptors (Lipinski definition) is 2. The molecule has 1 saturated carbocycles. The Balaban J connectivity index is 1.75. The Bertz CT molecular complexity index is 729. The molecule has 3 rings (SSSR count). The highest BCUT2D eigenvalue weighted by atomic mass is 35.5. The van der Waals surface area contributed by atoms with Gasteiger partial charge in [0.15, 0.2) is 0 Å².